The smallest absolute Gasteiger partial charge is 0.252 e. The van der Waals surface area contributed by atoms with Gasteiger partial charge in [-0.3, -0.25) is 4.79 Å². The summed E-state index contributed by atoms with van der Waals surface area (Å²) in [5.74, 6) is 0.593. The van der Waals surface area contributed by atoms with Crippen molar-refractivity contribution in [2.45, 2.75) is 30.9 Å². The van der Waals surface area contributed by atoms with Gasteiger partial charge in [0.1, 0.15) is 5.75 Å². The first-order valence-corrected chi connectivity index (χ1v) is 16.5. The molecule has 45 heavy (non-hydrogen) atoms. The van der Waals surface area contributed by atoms with Crippen molar-refractivity contribution >= 4 is 74.1 Å². The average Bonchev–Trinajstić information content (AvgIpc) is 3.40. The summed E-state index contributed by atoms with van der Waals surface area (Å²) in [6.07, 6.45) is 0.327. The molecule has 4 aromatic rings. The second-order valence-electron chi connectivity index (χ2n) is 10.5. The van der Waals surface area contributed by atoms with Gasteiger partial charge in [0, 0.05) is 61.7 Å². The van der Waals surface area contributed by atoms with E-state index in [4.69, 9.17) is 66.0 Å². The first kappa shape index (κ1) is 33.6. The lowest BCUT2D eigenvalue weighted by Gasteiger charge is -2.31. The van der Waals surface area contributed by atoms with Crippen molar-refractivity contribution in [1.29, 1.82) is 0 Å². The lowest BCUT2D eigenvalue weighted by atomic mass is 9.82. The van der Waals surface area contributed by atoms with Gasteiger partial charge in [0.15, 0.2) is 11.6 Å². The third-order valence-corrected chi connectivity index (χ3v) is 9.31. The van der Waals surface area contributed by atoms with Crippen molar-refractivity contribution in [2.75, 3.05) is 19.8 Å². The molecule has 2 atom stereocenters. The minimum atomic E-state index is -1.45. The van der Waals surface area contributed by atoms with Crippen LogP contribution in [0.1, 0.15) is 34.8 Å². The van der Waals surface area contributed by atoms with Crippen molar-refractivity contribution in [3.8, 4) is 5.75 Å². The van der Waals surface area contributed by atoms with Crippen molar-refractivity contribution in [1.82, 2.24) is 5.32 Å². The fourth-order valence-corrected chi connectivity index (χ4v) is 6.53. The number of rotatable bonds is 12. The standard InChI is InChI=1S/C34H29BrCl4N2O4/c35-28-5-2-1-4-23(28)20-34(33(43)40-15-14-21-6-9-24(36)18-29(21)38)31(27-13-10-25(37)19-30(27)39)45-32(41-34)22-7-11-26(12-8-22)44-17-3-16-42/h1-2,4-13,18-19,31,42H,3,14-17,20H2,(H,40,43)/t31-,34-/m1/s1. The molecule has 5 rings (SSSR count). The van der Waals surface area contributed by atoms with E-state index in [0.29, 0.717) is 63.0 Å². The zero-order valence-electron chi connectivity index (χ0n) is 23.9. The van der Waals surface area contributed by atoms with E-state index in [-0.39, 0.29) is 24.8 Å². The Hall–Kier alpha value is -2.78. The Morgan fingerprint density at radius 3 is 2.33 bits per heavy atom. The lowest BCUT2D eigenvalue weighted by Crippen LogP contribution is -2.50. The summed E-state index contributed by atoms with van der Waals surface area (Å²) >= 11 is 29.1. The van der Waals surface area contributed by atoms with E-state index in [1.165, 1.54) is 0 Å². The summed E-state index contributed by atoms with van der Waals surface area (Å²) < 4.78 is 13.1. The largest absolute Gasteiger partial charge is 0.494 e. The van der Waals surface area contributed by atoms with Crippen LogP contribution in [0.2, 0.25) is 20.1 Å². The van der Waals surface area contributed by atoms with E-state index in [0.717, 1.165) is 15.6 Å². The highest BCUT2D eigenvalue weighted by Gasteiger charge is 2.54. The SMILES string of the molecule is O=C(NCCc1ccc(Cl)cc1Cl)[C@]1(Cc2ccccc2Br)N=C(c2ccc(OCCCO)cc2)O[C@@H]1c1ccc(Cl)cc1Cl. The van der Waals surface area contributed by atoms with E-state index < -0.39 is 11.6 Å². The number of hydrogen-bond acceptors (Lipinski definition) is 5. The molecule has 0 aromatic heterocycles. The number of halogens is 5. The maximum Gasteiger partial charge on any atom is 0.252 e. The van der Waals surface area contributed by atoms with Crippen molar-refractivity contribution < 1.29 is 19.4 Å². The van der Waals surface area contributed by atoms with Gasteiger partial charge in [0.05, 0.1) is 6.61 Å². The zero-order chi connectivity index (χ0) is 32.0. The first-order valence-electron chi connectivity index (χ1n) is 14.2. The van der Waals surface area contributed by atoms with E-state index in [1.54, 1.807) is 42.5 Å². The quantitative estimate of drug-likeness (QED) is 0.142. The van der Waals surface area contributed by atoms with Gasteiger partial charge < -0.3 is 19.9 Å². The fourth-order valence-electron chi connectivity index (χ4n) is 5.09. The predicted octanol–water partition coefficient (Wildman–Crippen LogP) is 8.68. The highest BCUT2D eigenvalue weighted by Crippen LogP contribution is 2.45. The highest BCUT2D eigenvalue weighted by atomic mass is 79.9. The van der Waals surface area contributed by atoms with Gasteiger partial charge in [0.2, 0.25) is 5.90 Å². The van der Waals surface area contributed by atoms with Gasteiger partial charge in [-0.2, -0.15) is 0 Å². The summed E-state index contributed by atoms with van der Waals surface area (Å²) in [7, 11) is 0. The topological polar surface area (TPSA) is 80.2 Å². The Morgan fingerprint density at radius 1 is 0.933 bits per heavy atom. The van der Waals surface area contributed by atoms with Crippen LogP contribution in [0.25, 0.3) is 0 Å². The van der Waals surface area contributed by atoms with Crippen LogP contribution in [0.4, 0.5) is 0 Å². The number of carbonyl (C=O) groups is 1. The molecule has 1 heterocycles. The van der Waals surface area contributed by atoms with Crippen LogP contribution >= 0.6 is 62.3 Å². The number of carbonyl (C=O) groups excluding carboxylic acids is 1. The highest BCUT2D eigenvalue weighted by molar-refractivity contribution is 9.10. The molecule has 6 nitrogen and oxygen atoms in total. The molecule has 1 aliphatic rings. The molecule has 0 saturated carbocycles. The number of aliphatic hydroxyl groups excluding tert-OH is 1. The van der Waals surface area contributed by atoms with E-state index in [1.807, 2.05) is 42.5 Å². The molecule has 234 valence electrons. The monoisotopic (exact) mass is 748 g/mol. The Bertz CT molecular complexity index is 1700. The Balaban J connectivity index is 1.55. The molecule has 0 radical (unpaired) electrons. The van der Waals surface area contributed by atoms with Crippen LogP contribution in [0.3, 0.4) is 0 Å². The molecule has 0 bridgehead atoms. The summed E-state index contributed by atoms with van der Waals surface area (Å²) in [6.45, 7) is 0.733. The van der Waals surface area contributed by atoms with E-state index >= 15 is 0 Å². The fraction of sp³-hybridized carbons (Fsp3) is 0.235. The molecule has 0 aliphatic carbocycles. The van der Waals surface area contributed by atoms with Gasteiger partial charge in [0.25, 0.3) is 5.91 Å². The van der Waals surface area contributed by atoms with E-state index in [9.17, 15) is 4.79 Å². The normalized spacial score (nSPS) is 17.5. The summed E-state index contributed by atoms with van der Waals surface area (Å²) in [6, 6.07) is 25.3. The first-order chi connectivity index (χ1) is 21.7. The van der Waals surface area contributed by atoms with Crippen molar-refractivity contribution in [2.24, 2.45) is 4.99 Å². The molecular weight excluding hydrogens is 722 g/mol. The van der Waals surface area contributed by atoms with Crippen LogP contribution in [-0.2, 0) is 22.4 Å². The third kappa shape index (κ3) is 7.97. The maximum atomic E-state index is 14.5. The van der Waals surface area contributed by atoms with Crippen LogP contribution in [0.5, 0.6) is 5.75 Å². The number of amides is 1. The molecule has 1 amide bonds. The van der Waals surface area contributed by atoms with Gasteiger partial charge in [-0.1, -0.05) is 92.7 Å². The summed E-state index contributed by atoms with van der Waals surface area (Å²) in [4.78, 5) is 19.5. The zero-order valence-corrected chi connectivity index (χ0v) is 28.5. The summed E-state index contributed by atoms with van der Waals surface area (Å²) in [5.41, 5.74) is 1.51. The Kier molecular flexibility index (Phi) is 11.3. The molecule has 0 spiro atoms. The molecule has 4 aromatic carbocycles. The Labute approximate surface area is 290 Å². The molecular formula is C34H29BrCl4N2O4. The van der Waals surface area contributed by atoms with Gasteiger partial charge in [-0.05, 0) is 72.1 Å². The number of aliphatic imine (C=N–C) groups is 1. The number of ether oxygens (including phenoxy) is 2. The third-order valence-electron chi connectivity index (χ3n) is 7.39. The molecule has 0 unspecified atom stereocenters. The predicted molar refractivity (Wildman–Crippen MR) is 184 cm³/mol. The van der Waals surface area contributed by atoms with Crippen molar-refractivity contribution in [3.05, 3.63) is 132 Å². The molecule has 11 heteroatoms. The number of nitrogens with zero attached hydrogens (tertiary/aromatic N) is 1. The van der Waals surface area contributed by atoms with E-state index in [2.05, 4.69) is 21.2 Å². The molecule has 1 aliphatic heterocycles. The second-order valence-corrected chi connectivity index (χ2v) is 13.0. The molecule has 0 saturated heterocycles. The summed E-state index contributed by atoms with van der Waals surface area (Å²) in [5, 5.41) is 14.0. The number of nitrogens with one attached hydrogen (secondary N) is 1. The minimum absolute atomic E-state index is 0.0474. The molecule has 0 fully saturated rings. The average molecular weight is 751 g/mol. The number of benzene rings is 4. The van der Waals surface area contributed by atoms with Gasteiger partial charge in [-0.15, -0.1) is 0 Å². The lowest BCUT2D eigenvalue weighted by molar-refractivity contribution is -0.128. The Morgan fingerprint density at radius 2 is 1.64 bits per heavy atom. The van der Waals surface area contributed by atoms with Crippen molar-refractivity contribution in [3.63, 3.8) is 0 Å². The maximum absolute atomic E-state index is 14.5. The number of hydrogen-bond donors (Lipinski definition) is 2. The van der Waals surface area contributed by atoms with Gasteiger partial charge in [-0.25, -0.2) is 4.99 Å². The minimum Gasteiger partial charge on any atom is -0.494 e. The van der Waals surface area contributed by atoms with Crippen LogP contribution in [0.15, 0.2) is 94.4 Å². The van der Waals surface area contributed by atoms with Crippen LogP contribution < -0.4 is 10.1 Å². The number of aliphatic hydroxyl groups is 1. The van der Waals surface area contributed by atoms with Gasteiger partial charge >= 0.3 is 0 Å². The van der Waals surface area contributed by atoms with Crippen LogP contribution in [0, 0.1) is 0 Å². The second kappa shape index (κ2) is 15.2. The molecule has 2 N–H and O–H groups in total. The van der Waals surface area contributed by atoms with Crippen LogP contribution in [-0.4, -0.2) is 42.2 Å².